The molecule has 5 heteroatoms. The molecule has 0 rings (SSSR count). The highest BCUT2D eigenvalue weighted by atomic mass is 28.3. The van der Waals surface area contributed by atoms with Gasteiger partial charge in [0.15, 0.2) is 0 Å². The first kappa shape index (κ1) is 17.1. The summed E-state index contributed by atoms with van der Waals surface area (Å²) < 4.78 is 11.6. The molecular weight excluding hydrogens is 232 g/mol. The lowest BCUT2D eigenvalue weighted by atomic mass is 10.2. The maximum absolute atomic E-state index is 5.79. The van der Waals surface area contributed by atoms with Gasteiger partial charge in [-0.25, -0.2) is 0 Å². The molecule has 0 aliphatic heterocycles. The highest BCUT2D eigenvalue weighted by Crippen LogP contribution is 2.22. The van der Waals surface area contributed by atoms with E-state index in [0.29, 0.717) is 12.1 Å². The molecule has 1 unspecified atom stereocenters. The average molecular weight is 262 g/mol. The lowest BCUT2D eigenvalue weighted by Crippen LogP contribution is -2.30. The van der Waals surface area contributed by atoms with Gasteiger partial charge in [-0.1, -0.05) is 13.3 Å². The number of hydrogen-bond donors (Lipinski definition) is 2. The number of rotatable bonds is 12. The van der Waals surface area contributed by atoms with Gasteiger partial charge in [0.1, 0.15) is 0 Å². The molecule has 0 saturated carbocycles. The van der Waals surface area contributed by atoms with Gasteiger partial charge in [0.05, 0.1) is 0 Å². The first-order valence-corrected chi connectivity index (χ1v) is 8.54. The summed E-state index contributed by atoms with van der Waals surface area (Å²) in [4.78, 5) is 0. The van der Waals surface area contributed by atoms with Crippen LogP contribution in [0.3, 0.4) is 0 Å². The average Bonchev–Trinajstić information content (AvgIpc) is 2.34. The van der Waals surface area contributed by atoms with Gasteiger partial charge in [-0.3, -0.25) is 0 Å². The molecule has 0 saturated heterocycles. The maximum atomic E-state index is 5.79. The summed E-state index contributed by atoms with van der Waals surface area (Å²) >= 11 is 0. The Hall–Kier alpha value is 0.0569. The van der Waals surface area contributed by atoms with Crippen LogP contribution in [0.2, 0.25) is 5.54 Å². The molecular formula is C12H30N2O2Si. The molecule has 0 aliphatic carbocycles. The first-order chi connectivity index (χ1) is 8.29. The lowest BCUT2D eigenvalue weighted by molar-refractivity contribution is 0.200. The largest absolute Gasteiger partial charge is 0.397 e. The highest BCUT2D eigenvalue weighted by Gasteiger charge is 2.23. The third-order valence-electron chi connectivity index (χ3n) is 2.82. The van der Waals surface area contributed by atoms with E-state index in [1.165, 1.54) is 12.8 Å². The molecule has 104 valence electrons. The van der Waals surface area contributed by atoms with Gasteiger partial charge in [-0.2, -0.15) is 0 Å². The Bertz CT molecular complexity index is 155. The quantitative estimate of drug-likeness (QED) is 0.412. The van der Waals surface area contributed by atoms with E-state index < -0.39 is 9.28 Å². The molecule has 0 aromatic carbocycles. The fourth-order valence-corrected chi connectivity index (χ4v) is 4.09. The van der Waals surface area contributed by atoms with Crippen LogP contribution in [0.25, 0.3) is 0 Å². The predicted octanol–water partition coefficient (Wildman–Crippen LogP) is 1.39. The maximum Gasteiger partial charge on any atom is 0.324 e. The third-order valence-corrected chi connectivity index (χ3v) is 5.72. The van der Waals surface area contributed by atoms with E-state index in [1.54, 1.807) is 0 Å². The van der Waals surface area contributed by atoms with Crippen molar-refractivity contribution in [2.75, 3.05) is 32.8 Å². The van der Waals surface area contributed by atoms with Crippen LogP contribution in [0.1, 0.15) is 40.0 Å². The summed E-state index contributed by atoms with van der Waals surface area (Å²) in [6.07, 6.45) is 3.54. The Labute approximate surface area is 108 Å². The molecule has 0 radical (unpaired) electrons. The van der Waals surface area contributed by atoms with Crippen LogP contribution in [0.15, 0.2) is 0 Å². The molecule has 0 aromatic rings. The molecule has 0 aromatic heterocycles. The second-order valence-electron chi connectivity index (χ2n) is 4.13. The van der Waals surface area contributed by atoms with Crippen molar-refractivity contribution in [1.29, 1.82) is 0 Å². The summed E-state index contributed by atoms with van der Waals surface area (Å²) in [6.45, 7) is 10.6. The lowest BCUT2D eigenvalue weighted by Gasteiger charge is -2.23. The predicted molar refractivity (Wildman–Crippen MR) is 75.6 cm³/mol. The molecule has 0 fully saturated rings. The summed E-state index contributed by atoms with van der Waals surface area (Å²) in [6, 6.07) is 0. The topological polar surface area (TPSA) is 56.5 Å². The van der Waals surface area contributed by atoms with E-state index in [9.17, 15) is 0 Å². The van der Waals surface area contributed by atoms with Crippen LogP contribution in [0.5, 0.6) is 0 Å². The Morgan fingerprint density at radius 3 is 2.24 bits per heavy atom. The molecule has 17 heavy (non-hydrogen) atoms. The summed E-state index contributed by atoms with van der Waals surface area (Å²) in [7, 11) is -1.46. The SMILES string of the molecule is CCO[SiH](OCC)C(CC)CCCNCCN. The third kappa shape index (κ3) is 8.74. The number of nitrogens with one attached hydrogen (secondary N) is 1. The fraction of sp³-hybridized carbons (Fsp3) is 1.00. The summed E-state index contributed by atoms with van der Waals surface area (Å²) in [5, 5.41) is 3.33. The van der Waals surface area contributed by atoms with Crippen molar-refractivity contribution in [1.82, 2.24) is 5.32 Å². The monoisotopic (exact) mass is 262 g/mol. The summed E-state index contributed by atoms with van der Waals surface area (Å²) in [5.74, 6) is 0. The van der Waals surface area contributed by atoms with Crippen molar-refractivity contribution in [3.8, 4) is 0 Å². The fourth-order valence-electron chi connectivity index (χ4n) is 1.90. The van der Waals surface area contributed by atoms with Gasteiger partial charge in [0, 0.05) is 26.3 Å². The van der Waals surface area contributed by atoms with Crippen LogP contribution in [-0.2, 0) is 8.85 Å². The van der Waals surface area contributed by atoms with Crippen molar-refractivity contribution < 1.29 is 8.85 Å². The van der Waals surface area contributed by atoms with E-state index >= 15 is 0 Å². The zero-order valence-corrected chi connectivity index (χ0v) is 12.9. The van der Waals surface area contributed by atoms with Gasteiger partial charge in [-0.15, -0.1) is 0 Å². The minimum absolute atomic E-state index is 0.634. The summed E-state index contributed by atoms with van der Waals surface area (Å²) in [5.41, 5.74) is 6.06. The minimum atomic E-state index is -1.46. The van der Waals surface area contributed by atoms with Crippen molar-refractivity contribution in [2.24, 2.45) is 5.73 Å². The molecule has 1 atom stereocenters. The smallest absolute Gasteiger partial charge is 0.324 e. The van der Waals surface area contributed by atoms with E-state index in [1.807, 2.05) is 0 Å². The van der Waals surface area contributed by atoms with E-state index in [-0.39, 0.29) is 0 Å². The van der Waals surface area contributed by atoms with Gasteiger partial charge >= 0.3 is 9.28 Å². The van der Waals surface area contributed by atoms with Crippen LogP contribution in [0.4, 0.5) is 0 Å². The molecule has 0 heterocycles. The Morgan fingerprint density at radius 2 is 1.76 bits per heavy atom. The molecule has 4 nitrogen and oxygen atoms in total. The zero-order valence-electron chi connectivity index (χ0n) is 11.7. The molecule has 0 spiro atoms. The second kappa shape index (κ2) is 12.5. The van der Waals surface area contributed by atoms with Crippen molar-refractivity contribution in [2.45, 2.75) is 45.6 Å². The molecule has 0 bridgehead atoms. The Balaban J connectivity index is 3.83. The van der Waals surface area contributed by atoms with Gasteiger partial charge in [0.2, 0.25) is 0 Å². The highest BCUT2D eigenvalue weighted by molar-refractivity contribution is 6.46. The van der Waals surface area contributed by atoms with E-state index in [2.05, 4.69) is 26.1 Å². The van der Waals surface area contributed by atoms with Crippen LogP contribution in [0, 0.1) is 0 Å². The normalized spacial score (nSPS) is 13.2. The number of hydrogen-bond acceptors (Lipinski definition) is 4. The van der Waals surface area contributed by atoms with Gasteiger partial charge < -0.3 is 19.9 Å². The number of nitrogens with two attached hydrogens (primary N) is 1. The second-order valence-corrected chi connectivity index (χ2v) is 6.47. The zero-order chi connectivity index (χ0) is 12.9. The standard InChI is InChI=1S/C12H30N2O2Si/c1-4-12(8-7-10-14-11-9-13)17(15-5-2)16-6-3/h12,14,17H,4-11,13H2,1-3H3. The van der Waals surface area contributed by atoms with E-state index in [4.69, 9.17) is 14.6 Å². The van der Waals surface area contributed by atoms with Crippen molar-refractivity contribution in [3.05, 3.63) is 0 Å². The van der Waals surface area contributed by atoms with Crippen molar-refractivity contribution >= 4 is 9.28 Å². The first-order valence-electron chi connectivity index (χ1n) is 6.94. The molecule has 0 aliphatic rings. The van der Waals surface area contributed by atoms with Gasteiger partial charge in [-0.05, 0) is 38.8 Å². The Kier molecular flexibility index (Phi) is 12.6. The van der Waals surface area contributed by atoms with Crippen molar-refractivity contribution in [3.63, 3.8) is 0 Å². The Morgan fingerprint density at radius 1 is 1.12 bits per heavy atom. The van der Waals surface area contributed by atoms with Crippen LogP contribution in [-0.4, -0.2) is 42.1 Å². The molecule has 3 N–H and O–H groups in total. The van der Waals surface area contributed by atoms with Crippen LogP contribution < -0.4 is 11.1 Å². The van der Waals surface area contributed by atoms with E-state index in [0.717, 1.165) is 32.7 Å². The minimum Gasteiger partial charge on any atom is -0.397 e. The van der Waals surface area contributed by atoms with Crippen LogP contribution >= 0.6 is 0 Å². The molecule has 0 amide bonds. The van der Waals surface area contributed by atoms with Gasteiger partial charge in [0.25, 0.3) is 0 Å².